The van der Waals surface area contributed by atoms with E-state index in [2.05, 4.69) is 6.58 Å². The Bertz CT molecular complexity index is 393. The second kappa shape index (κ2) is 6.49. The lowest BCUT2D eigenvalue weighted by Gasteiger charge is -1.92. The van der Waals surface area contributed by atoms with Crippen molar-refractivity contribution in [2.75, 3.05) is 6.61 Å². The lowest BCUT2D eigenvalue weighted by molar-refractivity contribution is -0.607. The number of halogens is 1. The summed E-state index contributed by atoms with van der Waals surface area (Å²) in [7, 11) is -3.46. The predicted octanol–water partition coefficient (Wildman–Crippen LogP) is 0.554. The quantitative estimate of drug-likeness (QED) is 0.342. The van der Waals surface area contributed by atoms with E-state index in [0.717, 1.165) is 5.88 Å². The van der Waals surface area contributed by atoms with Gasteiger partial charge in [0.25, 0.3) is 10.5 Å². The molecule has 0 saturated heterocycles. The zero-order valence-corrected chi connectivity index (χ0v) is 9.55. The zero-order chi connectivity index (χ0) is 11.9. The van der Waals surface area contributed by atoms with Crippen LogP contribution in [-0.4, -0.2) is 19.6 Å². The average Bonchev–Trinajstić information content (AvgIpc) is 2.45. The normalized spacial score (nSPS) is 10.1. The van der Waals surface area contributed by atoms with Gasteiger partial charge in [-0.05, 0) is 0 Å². The Balaban J connectivity index is 0.000000336. The smallest absolute Gasteiger partial charge is 0.382 e. The molecule has 8 heteroatoms. The minimum Gasteiger partial charge on any atom is -0.722 e. The molecule has 0 N–H and O–H groups in total. The van der Waals surface area contributed by atoms with Gasteiger partial charge in [0.05, 0.1) is 11.4 Å². The summed E-state index contributed by atoms with van der Waals surface area (Å²) in [6.07, 6.45) is 1.73. The van der Waals surface area contributed by atoms with Gasteiger partial charge >= 0.3 is 5.88 Å². The number of aromatic nitrogens is 1. The first-order valence-electron chi connectivity index (χ1n) is 3.67. The second-order valence-corrected chi connectivity index (χ2v) is 4.05. The highest BCUT2D eigenvalue weighted by Crippen LogP contribution is 2.04. The number of rotatable bonds is 3. The molecule has 1 aromatic heterocycles. The molecule has 0 radical (unpaired) electrons. The zero-order valence-electron chi connectivity index (χ0n) is 7.92. The first kappa shape index (κ1) is 14.0. The van der Waals surface area contributed by atoms with E-state index in [1.807, 2.05) is 22.5 Å². The Labute approximate surface area is 91.6 Å². The van der Waals surface area contributed by atoms with E-state index < -0.39 is 10.5 Å². The molecular weight excluding hydrogens is 245 g/mol. The van der Waals surface area contributed by atoms with Gasteiger partial charge in [0, 0.05) is 0 Å². The first-order valence-corrected chi connectivity index (χ1v) is 5.82. The van der Waals surface area contributed by atoms with Crippen molar-refractivity contribution < 1.29 is 25.5 Å². The van der Waals surface area contributed by atoms with Gasteiger partial charge in [0.1, 0.15) is 18.1 Å². The molecule has 0 aliphatic rings. The molecule has 0 aliphatic heterocycles. The number of ether oxygens (including phenoxy) is 1. The SMILES string of the molecule is C=CCOc1ccs[n+]1C.O=S(=O)([O-])F. The van der Waals surface area contributed by atoms with E-state index in [0.29, 0.717) is 6.61 Å². The van der Waals surface area contributed by atoms with Crippen molar-refractivity contribution in [3.63, 3.8) is 0 Å². The van der Waals surface area contributed by atoms with Crippen LogP contribution in [0.5, 0.6) is 5.88 Å². The fourth-order valence-corrected chi connectivity index (χ4v) is 1.20. The van der Waals surface area contributed by atoms with E-state index in [4.69, 9.17) is 17.7 Å². The van der Waals surface area contributed by atoms with Crippen molar-refractivity contribution >= 4 is 22.0 Å². The predicted molar refractivity (Wildman–Crippen MR) is 52.0 cm³/mol. The van der Waals surface area contributed by atoms with E-state index in [1.54, 1.807) is 17.6 Å². The summed E-state index contributed by atoms with van der Waals surface area (Å²) in [4.78, 5) is 0. The molecule has 0 spiro atoms. The van der Waals surface area contributed by atoms with E-state index in [9.17, 15) is 3.89 Å². The molecular formula is C7H10FNO4S2. The van der Waals surface area contributed by atoms with Gasteiger partial charge in [0.15, 0.2) is 7.05 Å². The standard InChI is InChI=1S/C7H10NOS.FHO3S/c1-3-5-9-7-4-6-10-8(7)2;1-5(2,3)4/h3-4,6H,1,5H2,2H3;(H,2,3,4)/q+1;/p-1. The molecule has 0 aromatic carbocycles. The summed E-state index contributed by atoms with van der Waals surface area (Å²) in [5.74, 6) is 0.893. The summed E-state index contributed by atoms with van der Waals surface area (Å²) >= 11 is 1.61. The minimum atomic E-state index is -5.42. The lowest BCUT2D eigenvalue weighted by atomic mass is 10.6. The van der Waals surface area contributed by atoms with Crippen LogP contribution in [0, 0.1) is 0 Å². The fraction of sp³-hybridized carbons (Fsp3) is 0.286. The molecule has 0 saturated carbocycles. The molecule has 1 heterocycles. The average molecular weight is 255 g/mol. The van der Waals surface area contributed by atoms with Gasteiger partial charge in [-0.25, -0.2) is 8.42 Å². The van der Waals surface area contributed by atoms with Crippen LogP contribution in [0.3, 0.4) is 0 Å². The Morgan fingerprint density at radius 1 is 1.80 bits per heavy atom. The first-order chi connectivity index (χ1) is 6.84. The van der Waals surface area contributed by atoms with Crippen molar-refractivity contribution in [1.82, 2.24) is 0 Å². The van der Waals surface area contributed by atoms with Gasteiger partial charge in [0.2, 0.25) is 0 Å². The maximum Gasteiger partial charge on any atom is 0.382 e. The van der Waals surface area contributed by atoms with Crippen LogP contribution in [0.1, 0.15) is 0 Å². The molecule has 0 aliphatic carbocycles. The summed E-state index contributed by atoms with van der Waals surface area (Å²) in [6.45, 7) is 4.13. The molecule has 0 bridgehead atoms. The maximum absolute atomic E-state index is 10.1. The molecule has 15 heavy (non-hydrogen) atoms. The molecule has 1 aromatic rings. The highest BCUT2D eigenvalue weighted by atomic mass is 32.3. The van der Waals surface area contributed by atoms with Crippen molar-refractivity contribution in [2.24, 2.45) is 7.05 Å². The van der Waals surface area contributed by atoms with Crippen molar-refractivity contribution in [3.05, 3.63) is 24.1 Å². The van der Waals surface area contributed by atoms with Crippen LogP contribution in [0.2, 0.25) is 0 Å². The van der Waals surface area contributed by atoms with Gasteiger partial charge in [-0.2, -0.15) is 0 Å². The van der Waals surface area contributed by atoms with Gasteiger partial charge in [-0.3, -0.25) is 0 Å². The topological polar surface area (TPSA) is 70.3 Å². The van der Waals surface area contributed by atoms with E-state index in [1.165, 1.54) is 0 Å². The largest absolute Gasteiger partial charge is 0.722 e. The van der Waals surface area contributed by atoms with E-state index in [-0.39, 0.29) is 0 Å². The van der Waals surface area contributed by atoms with E-state index >= 15 is 0 Å². The number of hydrogen-bond acceptors (Lipinski definition) is 5. The summed E-state index contributed by atoms with van der Waals surface area (Å²) in [5, 5.41) is 1.98. The molecule has 86 valence electrons. The van der Waals surface area contributed by atoms with Gasteiger partial charge in [-0.15, -0.1) is 7.84 Å². The van der Waals surface area contributed by atoms with Crippen molar-refractivity contribution in [2.45, 2.75) is 0 Å². The van der Waals surface area contributed by atoms with Crippen molar-refractivity contribution in [1.29, 1.82) is 0 Å². The van der Waals surface area contributed by atoms with Crippen LogP contribution in [0.15, 0.2) is 24.1 Å². The van der Waals surface area contributed by atoms with Crippen molar-refractivity contribution in [3.8, 4) is 5.88 Å². The third-order valence-corrected chi connectivity index (χ3v) is 1.84. The molecule has 0 fully saturated rings. The number of hydrogen-bond donors (Lipinski definition) is 0. The lowest BCUT2D eigenvalue weighted by Crippen LogP contribution is -2.24. The van der Waals surface area contributed by atoms with Gasteiger partial charge in [-0.1, -0.05) is 12.7 Å². The van der Waals surface area contributed by atoms with Crippen LogP contribution in [0.4, 0.5) is 3.89 Å². The molecule has 5 nitrogen and oxygen atoms in total. The van der Waals surface area contributed by atoms with Crippen LogP contribution >= 0.6 is 11.5 Å². The Kier molecular flexibility index (Phi) is 6.06. The third kappa shape index (κ3) is 9.32. The number of nitrogens with zero attached hydrogens (tertiary/aromatic N) is 1. The summed E-state index contributed by atoms with van der Waals surface area (Å²) in [5.41, 5.74) is 0. The van der Waals surface area contributed by atoms with Crippen LogP contribution in [-0.2, 0) is 17.6 Å². The fourth-order valence-electron chi connectivity index (χ4n) is 0.620. The Morgan fingerprint density at radius 3 is 2.67 bits per heavy atom. The van der Waals surface area contributed by atoms with Gasteiger partial charge < -0.3 is 9.29 Å². The monoisotopic (exact) mass is 255 g/mol. The summed E-state index contributed by atoms with van der Waals surface area (Å²) < 4.78 is 42.6. The van der Waals surface area contributed by atoms with Crippen LogP contribution < -0.4 is 8.69 Å². The second-order valence-electron chi connectivity index (χ2n) is 2.24. The van der Waals surface area contributed by atoms with Crippen LogP contribution in [0.25, 0.3) is 0 Å². The molecule has 1 rings (SSSR count). The molecule has 0 unspecified atom stereocenters. The maximum atomic E-state index is 10.1. The Hall–Kier alpha value is -0.990. The highest BCUT2D eigenvalue weighted by molar-refractivity contribution is 7.80. The Morgan fingerprint density at radius 2 is 2.33 bits per heavy atom. The highest BCUT2D eigenvalue weighted by Gasteiger charge is 2.06. The summed E-state index contributed by atoms with van der Waals surface area (Å²) in [6, 6.07) is 1.94. The minimum absolute atomic E-state index is 0.574. The molecule has 0 amide bonds. The molecule has 0 atom stereocenters. The third-order valence-electron chi connectivity index (χ3n) is 1.09. The number of aryl methyl sites for hydroxylation is 1.